The molecule has 0 aliphatic rings. The molecular formula is C74H94Br2N18O11SSi3. The van der Waals surface area contributed by atoms with Gasteiger partial charge in [0.05, 0.1) is 98.0 Å². The molecule has 35 heteroatoms. The number of ether oxygens (including phenoxy) is 6. The molecule has 3 aromatic carbocycles. The number of imidazole rings is 3. The first-order valence-electron chi connectivity index (χ1n) is 34.8. The van der Waals surface area contributed by atoms with Crippen molar-refractivity contribution in [3.8, 4) is 33.8 Å². The number of halogens is 2. The molecule has 0 unspecified atom stereocenters. The summed E-state index contributed by atoms with van der Waals surface area (Å²) in [4.78, 5) is 61.6. The number of hydrogen-bond acceptors (Lipinski definition) is 23. The van der Waals surface area contributed by atoms with Crippen LogP contribution in [0.3, 0.4) is 0 Å². The van der Waals surface area contributed by atoms with Crippen molar-refractivity contribution in [2.45, 2.75) is 130 Å². The third-order valence-electron chi connectivity index (χ3n) is 16.8. The van der Waals surface area contributed by atoms with E-state index >= 15 is 0 Å². The third-order valence-corrected chi connectivity index (χ3v) is 23.6. The first-order valence-corrected chi connectivity index (χ1v) is 49.4. The van der Waals surface area contributed by atoms with Crippen molar-refractivity contribution in [2.24, 2.45) is 0 Å². The van der Waals surface area contributed by atoms with Crippen LogP contribution < -0.4 is 16.4 Å². The number of hydrogen-bond donors (Lipinski definition) is 3. The van der Waals surface area contributed by atoms with E-state index in [-0.39, 0.29) is 28.6 Å². The molecule has 0 radical (unpaired) electrons. The van der Waals surface area contributed by atoms with Crippen LogP contribution in [0.4, 0.5) is 28.7 Å². The molecule has 0 spiro atoms. The van der Waals surface area contributed by atoms with Gasteiger partial charge in [-0.05, 0) is 149 Å². The van der Waals surface area contributed by atoms with E-state index in [1.54, 1.807) is 73.6 Å². The zero-order chi connectivity index (χ0) is 79.3. The molecule has 12 rings (SSSR count). The number of aromatic nitrogens is 15. The first kappa shape index (κ1) is 83.4. The number of benzene rings is 3. The molecule has 29 nitrogen and oxygen atoms in total. The van der Waals surface area contributed by atoms with Crippen molar-refractivity contribution in [3.05, 3.63) is 177 Å². The highest BCUT2D eigenvalue weighted by Crippen LogP contribution is 2.32. The molecule has 0 fully saturated rings. The fourth-order valence-corrected chi connectivity index (χ4v) is 14.7. The average Bonchev–Trinajstić information content (AvgIpc) is 1.63. The molecule has 0 bridgehead atoms. The normalized spacial score (nSPS) is 11.7. The van der Waals surface area contributed by atoms with Gasteiger partial charge in [0, 0.05) is 121 Å². The van der Waals surface area contributed by atoms with E-state index in [0.717, 1.165) is 112 Å². The predicted octanol–water partition coefficient (Wildman–Crippen LogP) is 15.0. The number of methoxy groups -OCH3 is 3. The maximum absolute atomic E-state index is 12.0. The highest BCUT2D eigenvalue weighted by molar-refractivity contribution is 9.10. The fourth-order valence-electron chi connectivity index (χ4n) is 10.8. The number of anilines is 5. The topological polar surface area (TPSA) is 335 Å². The predicted molar refractivity (Wildman–Crippen MR) is 437 cm³/mol. The highest BCUT2D eigenvalue weighted by atomic mass is 79.9. The van der Waals surface area contributed by atoms with E-state index in [9.17, 15) is 22.8 Å². The molecule has 578 valence electrons. The van der Waals surface area contributed by atoms with Crippen LogP contribution in [0.5, 0.6) is 0 Å². The van der Waals surface area contributed by atoms with Gasteiger partial charge < -0.3 is 44.8 Å². The van der Waals surface area contributed by atoms with Crippen molar-refractivity contribution in [1.29, 1.82) is 0 Å². The van der Waals surface area contributed by atoms with E-state index < -0.39 is 34.1 Å². The zero-order valence-electron chi connectivity index (χ0n) is 64.4. The van der Waals surface area contributed by atoms with Gasteiger partial charge in [-0.15, -0.1) is 0 Å². The minimum Gasteiger partial charge on any atom is -0.465 e. The molecule has 0 aliphatic heterocycles. The second-order valence-electron chi connectivity index (χ2n) is 29.5. The van der Waals surface area contributed by atoms with Gasteiger partial charge in [0.2, 0.25) is 0 Å². The summed E-state index contributed by atoms with van der Waals surface area (Å²) in [6, 6.07) is 19.3. The summed E-state index contributed by atoms with van der Waals surface area (Å²) in [5.41, 5.74) is 19.5. The van der Waals surface area contributed by atoms with Gasteiger partial charge in [-0.25, -0.2) is 66.8 Å². The fraction of sp³-hybridized carbons (Fsp3) is 0.351. The molecular weight excluding hydrogens is 1590 g/mol. The number of fused-ring (bicyclic) bond motifs is 3. The van der Waals surface area contributed by atoms with E-state index in [0.29, 0.717) is 74.7 Å². The van der Waals surface area contributed by atoms with Crippen LogP contribution in [0.25, 0.3) is 50.7 Å². The van der Waals surface area contributed by atoms with Crippen molar-refractivity contribution in [1.82, 2.24) is 72.4 Å². The summed E-state index contributed by atoms with van der Waals surface area (Å²) in [7, 11) is -2.75. The SMILES string of the molecule is COC(=O)c1ccc(N)cc1C.COC(=O)c1ccc(Nc2nc(Br)cn3c(-c4cnn(COCC[Si](C)(C)C)c4)cnc23)cc1C.COC(=O)c1ccc(Nc2nc(C)cn3c(-c4cnn(COCC[Si](C)(C)C)c4)cnc23)cc1C.C[Si](C)(C)CCOCn1cc(-c2cnc3c(S(C)(=O)=O)nc(Br)cn23)cn1. The summed E-state index contributed by atoms with van der Waals surface area (Å²) in [5.74, 6) is 0.163. The Hall–Kier alpha value is -9.60. The molecule has 0 atom stereocenters. The monoisotopic (exact) mass is 1680 g/mol. The van der Waals surface area contributed by atoms with Crippen molar-refractivity contribution >= 4 is 129 Å². The second-order valence-corrected chi connectivity index (χ2v) is 49.9. The molecule has 9 aromatic heterocycles. The van der Waals surface area contributed by atoms with Crippen LogP contribution >= 0.6 is 31.9 Å². The second kappa shape index (κ2) is 36.3. The van der Waals surface area contributed by atoms with Gasteiger partial charge in [0.15, 0.2) is 43.4 Å². The Morgan fingerprint density at radius 2 is 0.817 bits per heavy atom. The minimum absolute atomic E-state index is 0.0646. The Balaban J connectivity index is 0.000000176. The Morgan fingerprint density at radius 3 is 1.18 bits per heavy atom. The summed E-state index contributed by atoms with van der Waals surface area (Å²) >= 11 is 6.78. The Morgan fingerprint density at radius 1 is 0.468 bits per heavy atom. The molecule has 0 saturated heterocycles. The average molecular weight is 1690 g/mol. The number of nitrogens with zero attached hydrogens (tertiary/aromatic N) is 15. The quantitative estimate of drug-likeness (QED) is 0.0149. The lowest BCUT2D eigenvalue weighted by molar-refractivity contribution is 0.0591. The number of carbonyl (C=O) groups excluding carboxylic acids is 3. The van der Waals surface area contributed by atoms with Crippen LogP contribution in [-0.2, 0) is 58.5 Å². The summed E-state index contributed by atoms with van der Waals surface area (Å²) in [6.07, 6.45) is 23.0. The Bertz CT molecular complexity index is 5120. The number of aryl methyl sites for hydroxylation is 4. The van der Waals surface area contributed by atoms with Crippen LogP contribution in [0.1, 0.15) is 53.5 Å². The summed E-state index contributed by atoms with van der Waals surface area (Å²) in [6.45, 7) is 31.9. The van der Waals surface area contributed by atoms with Gasteiger partial charge in [-0.1, -0.05) is 58.9 Å². The van der Waals surface area contributed by atoms with E-state index in [4.69, 9.17) is 29.4 Å². The minimum atomic E-state index is -3.50. The zero-order valence-corrected chi connectivity index (χ0v) is 71.4. The maximum Gasteiger partial charge on any atom is 0.338 e. The van der Waals surface area contributed by atoms with Crippen LogP contribution in [-0.4, -0.2) is 170 Å². The van der Waals surface area contributed by atoms with Gasteiger partial charge in [0.1, 0.15) is 29.4 Å². The lowest BCUT2D eigenvalue weighted by Gasteiger charge is -2.15. The number of nitrogens with two attached hydrogens (primary N) is 1. The summed E-state index contributed by atoms with van der Waals surface area (Å²) in [5, 5.41) is 19.8. The maximum atomic E-state index is 12.0. The van der Waals surface area contributed by atoms with E-state index in [1.807, 2.05) is 110 Å². The van der Waals surface area contributed by atoms with Crippen molar-refractivity contribution < 1.29 is 51.2 Å². The molecule has 0 saturated carbocycles. The Labute approximate surface area is 653 Å². The van der Waals surface area contributed by atoms with Gasteiger partial charge in [-0.3, -0.25) is 13.2 Å². The largest absolute Gasteiger partial charge is 0.465 e. The molecule has 4 N–H and O–H groups in total. The third kappa shape index (κ3) is 23.0. The lowest BCUT2D eigenvalue weighted by Crippen LogP contribution is -2.22. The van der Waals surface area contributed by atoms with Crippen LogP contribution in [0, 0.1) is 27.7 Å². The smallest absolute Gasteiger partial charge is 0.338 e. The van der Waals surface area contributed by atoms with E-state index in [2.05, 4.69) is 151 Å². The number of esters is 3. The number of rotatable bonds is 26. The van der Waals surface area contributed by atoms with Crippen LogP contribution in [0.2, 0.25) is 77.1 Å². The van der Waals surface area contributed by atoms with Gasteiger partial charge >= 0.3 is 17.9 Å². The van der Waals surface area contributed by atoms with Gasteiger partial charge in [-0.2, -0.15) is 15.3 Å². The lowest BCUT2D eigenvalue weighted by atomic mass is 10.1. The van der Waals surface area contributed by atoms with Crippen molar-refractivity contribution in [2.75, 3.05) is 63.8 Å². The molecule has 9 heterocycles. The number of carbonyl (C=O) groups is 3. The standard InChI is InChI=1S/C25H32N6O3Si.C24H29BrN6O3Si.C16H22BrN5O3SSi.C9H11NO2/c1-17-11-20(7-8-21(17)25(32)33-3)29-23-24-26-13-22(31(24)14-18(2)28-23)19-12-27-30(15-19)16-34-9-10-35(4,5)6;1-16-10-18(6-7-19(16)24(32)33-2)28-22-23-26-12-20(31(23)14-21(25)29-22)17-11-27-30(13-17)15-34-8-9-35(3,4)5;1-26(23,24)16-15-18-8-13(22(15)10-14(17)20-16)12-7-19-21(9-12)11-25-5-6-27(2,3)4;1-6-5-7(10)3-4-8(6)9(11)12-2/h7-8,11-15H,9-10,16H2,1-6H3,(H,28,29);6-7,10-14H,8-9,15H2,1-5H3,(H,28,29);7-10H,5-6,11H2,1-4H3;3-5H,10H2,1-2H3. The molecule has 0 amide bonds. The molecule has 109 heavy (non-hydrogen) atoms. The van der Waals surface area contributed by atoms with Gasteiger partial charge in [0.25, 0.3) is 0 Å². The molecule has 12 aromatic rings. The van der Waals surface area contributed by atoms with E-state index in [1.165, 1.54) is 21.3 Å². The van der Waals surface area contributed by atoms with Crippen molar-refractivity contribution in [3.63, 3.8) is 0 Å². The molecule has 0 aliphatic carbocycles. The Kier molecular flexibility index (Phi) is 27.8. The number of sulfone groups is 1. The first-order chi connectivity index (χ1) is 51.5. The summed E-state index contributed by atoms with van der Waals surface area (Å²) < 4.78 is 67.6. The number of nitrogens with one attached hydrogen (secondary N) is 2. The number of nitrogen functional groups attached to an aromatic ring is 1. The van der Waals surface area contributed by atoms with Crippen LogP contribution in [0.15, 0.2) is 143 Å². The highest BCUT2D eigenvalue weighted by Gasteiger charge is 2.23.